The van der Waals surface area contributed by atoms with Crippen LogP contribution >= 0.6 is 11.3 Å². The molecule has 0 radical (unpaired) electrons. The quantitative estimate of drug-likeness (QED) is 0.237. The Morgan fingerprint density at radius 2 is 1.89 bits per heavy atom. The number of ether oxygens (including phenoxy) is 1. The maximum absolute atomic E-state index is 12.5. The van der Waals surface area contributed by atoms with Crippen LogP contribution in [-0.4, -0.2) is 26.0 Å². The molecule has 0 bridgehead atoms. The molecule has 7 heteroatoms. The van der Waals surface area contributed by atoms with Crippen LogP contribution in [-0.2, 0) is 13.0 Å². The summed E-state index contributed by atoms with van der Waals surface area (Å²) in [4.78, 5) is 26.1. The third-order valence-electron chi connectivity index (χ3n) is 6.55. The van der Waals surface area contributed by atoms with Gasteiger partial charge in [-0.25, -0.2) is 9.78 Å². The monoisotopic (exact) mass is 517 g/mol. The minimum Gasteiger partial charge on any atom is -0.488 e. The fraction of sp³-hybridized carbons (Fsp3) is 0.0968. The van der Waals surface area contributed by atoms with Crippen molar-refractivity contribution in [3.63, 3.8) is 0 Å². The Kier molecular flexibility index (Phi) is 6.27. The number of aryl methyl sites for hydroxylation is 1. The van der Waals surface area contributed by atoms with Gasteiger partial charge in [0.1, 0.15) is 12.4 Å². The third-order valence-corrected chi connectivity index (χ3v) is 7.52. The third kappa shape index (κ3) is 4.37. The molecule has 6 rings (SSSR count). The molecule has 6 aromatic rings. The number of thiophene rings is 1. The van der Waals surface area contributed by atoms with Crippen LogP contribution in [0, 0.1) is 0 Å². The molecule has 3 aromatic carbocycles. The number of rotatable bonds is 7. The Morgan fingerprint density at radius 1 is 1.00 bits per heavy atom. The first-order chi connectivity index (χ1) is 18.6. The topological polar surface area (TPSA) is 85.2 Å². The summed E-state index contributed by atoms with van der Waals surface area (Å²) in [5.41, 5.74) is 6.04. The second kappa shape index (κ2) is 10.0. The molecule has 186 valence electrons. The van der Waals surface area contributed by atoms with Crippen molar-refractivity contribution in [2.45, 2.75) is 20.0 Å². The molecule has 0 amide bonds. The maximum Gasteiger partial charge on any atom is 0.336 e. The lowest BCUT2D eigenvalue weighted by Gasteiger charge is -2.15. The molecule has 0 spiro atoms. The van der Waals surface area contributed by atoms with E-state index in [1.807, 2.05) is 66.9 Å². The van der Waals surface area contributed by atoms with E-state index in [-0.39, 0.29) is 12.2 Å². The molecular weight excluding hydrogens is 494 g/mol. The average Bonchev–Trinajstić information content (AvgIpc) is 3.40. The molecule has 0 aliphatic heterocycles. The van der Waals surface area contributed by atoms with Gasteiger partial charge < -0.3 is 9.84 Å². The fourth-order valence-corrected chi connectivity index (χ4v) is 5.64. The molecule has 0 atom stereocenters. The van der Waals surface area contributed by atoms with E-state index in [4.69, 9.17) is 9.72 Å². The van der Waals surface area contributed by atoms with E-state index < -0.39 is 5.97 Å². The Bertz CT molecular complexity index is 1800. The summed E-state index contributed by atoms with van der Waals surface area (Å²) in [7, 11) is 0. The molecule has 1 N–H and O–H groups in total. The predicted octanol–water partition coefficient (Wildman–Crippen LogP) is 7.41. The minimum absolute atomic E-state index is 0.180. The molecule has 0 fully saturated rings. The molecule has 0 aliphatic carbocycles. The van der Waals surface area contributed by atoms with Crippen LogP contribution in [0.4, 0.5) is 0 Å². The fourth-order valence-electron chi connectivity index (χ4n) is 4.68. The van der Waals surface area contributed by atoms with E-state index in [2.05, 4.69) is 16.0 Å². The van der Waals surface area contributed by atoms with Crippen molar-refractivity contribution < 1.29 is 14.6 Å². The lowest BCUT2D eigenvalue weighted by Crippen LogP contribution is -2.05. The summed E-state index contributed by atoms with van der Waals surface area (Å²) in [6, 6.07) is 21.5. The first-order valence-electron chi connectivity index (χ1n) is 12.3. The summed E-state index contributed by atoms with van der Waals surface area (Å²) in [6.45, 7) is 2.31. The molecule has 6 nitrogen and oxygen atoms in total. The lowest BCUT2D eigenvalue weighted by molar-refractivity contribution is 0.0698. The molecule has 0 aliphatic rings. The zero-order valence-electron chi connectivity index (χ0n) is 20.6. The highest BCUT2D eigenvalue weighted by atomic mass is 32.1. The van der Waals surface area contributed by atoms with Gasteiger partial charge in [0.2, 0.25) is 0 Å². The van der Waals surface area contributed by atoms with Crippen LogP contribution in [0.5, 0.6) is 5.75 Å². The number of aromatic carboxylic acids is 1. The molecule has 38 heavy (non-hydrogen) atoms. The van der Waals surface area contributed by atoms with E-state index in [0.29, 0.717) is 22.3 Å². The van der Waals surface area contributed by atoms with Gasteiger partial charge in [-0.1, -0.05) is 49.4 Å². The SMILES string of the molecule is CCc1ccc(OCc2cccc(-c3cnccn3)c2)c2c(C(=O)O)cc(-c3csc4ccccc34)nc12. The van der Waals surface area contributed by atoms with Gasteiger partial charge in [-0.05, 0) is 41.8 Å². The number of carbonyl (C=O) groups is 1. The number of aromatic nitrogens is 3. The van der Waals surface area contributed by atoms with Gasteiger partial charge in [0.25, 0.3) is 0 Å². The first kappa shape index (κ1) is 23.8. The number of benzene rings is 3. The molecular formula is C31H23N3O3S. The van der Waals surface area contributed by atoms with Gasteiger partial charge in [-0.2, -0.15) is 0 Å². The van der Waals surface area contributed by atoms with Crippen LogP contribution in [0.1, 0.15) is 28.4 Å². The van der Waals surface area contributed by atoms with Crippen LogP contribution < -0.4 is 4.74 Å². The number of pyridine rings is 1. The Labute approximate surface area is 223 Å². The van der Waals surface area contributed by atoms with Crippen molar-refractivity contribution in [3.05, 3.63) is 107 Å². The lowest BCUT2D eigenvalue weighted by atomic mass is 9.99. The normalized spacial score (nSPS) is 11.2. The van der Waals surface area contributed by atoms with Crippen LogP contribution in [0.25, 0.3) is 43.5 Å². The van der Waals surface area contributed by atoms with Gasteiger partial charge in [0, 0.05) is 39.0 Å². The van der Waals surface area contributed by atoms with Gasteiger partial charge >= 0.3 is 5.97 Å². The highest BCUT2D eigenvalue weighted by molar-refractivity contribution is 7.17. The second-order valence-corrected chi connectivity index (χ2v) is 9.80. The van der Waals surface area contributed by atoms with E-state index in [1.165, 1.54) is 0 Å². The van der Waals surface area contributed by atoms with Crippen molar-refractivity contribution in [3.8, 4) is 28.3 Å². The zero-order chi connectivity index (χ0) is 26.1. The summed E-state index contributed by atoms with van der Waals surface area (Å²) in [5.74, 6) is -0.519. The molecule has 0 saturated carbocycles. The van der Waals surface area contributed by atoms with Gasteiger partial charge in [-0.15, -0.1) is 11.3 Å². The van der Waals surface area contributed by atoms with E-state index in [9.17, 15) is 9.90 Å². The zero-order valence-corrected chi connectivity index (χ0v) is 21.4. The molecule has 3 aromatic heterocycles. The van der Waals surface area contributed by atoms with Crippen molar-refractivity contribution in [2.24, 2.45) is 0 Å². The Morgan fingerprint density at radius 3 is 2.71 bits per heavy atom. The summed E-state index contributed by atoms with van der Waals surface area (Å²) in [5, 5.41) is 13.9. The van der Waals surface area contributed by atoms with Crippen molar-refractivity contribution in [2.75, 3.05) is 0 Å². The van der Waals surface area contributed by atoms with E-state index in [1.54, 1.807) is 36.0 Å². The summed E-state index contributed by atoms with van der Waals surface area (Å²) >= 11 is 1.63. The number of hydrogen-bond donors (Lipinski definition) is 1. The Hall–Kier alpha value is -4.62. The van der Waals surface area contributed by atoms with Crippen LogP contribution in [0.2, 0.25) is 0 Å². The molecule has 0 saturated heterocycles. The summed E-state index contributed by atoms with van der Waals surface area (Å²) < 4.78 is 7.39. The highest BCUT2D eigenvalue weighted by Crippen LogP contribution is 2.38. The van der Waals surface area contributed by atoms with Crippen molar-refractivity contribution >= 4 is 38.3 Å². The van der Waals surface area contributed by atoms with Crippen LogP contribution in [0.15, 0.2) is 90.7 Å². The number of carboxylic acids is 1. The van der Waals surface area contributed by atoms with Gasteiger partial charge in [0.05, 0.1) is 34.1 Å². The number of carboxylic acid groups (broad SMARTS) is 1. The first-order valence-corrected chi connectivity index (χ1v) is 13.1. The van der Waals surface area contributed by atoms with Gasteiger partial charge in [-0.3, -0.25) is 9.97 Å². The van der Waals surface area contributed by atoms with E-state index >= 15 is 0 Å². The predicted molar refractivity (Wildman–Crippen MR) is 151 cm³/mol. The Balaban J connectivity index is 1.43. The minimum atomic E-state index is -1.01. The highest BCUT2D eigenvalue weighted by Gasteiger charge is 2.20. The number of hydrogen-bond acceptors (Lipinski definition) is 6. The van der Waals surface area contributed by atoms with E-state index in [0.717, 1.165) is 44.5 Å². The van der Waals surface area contributed by atoms with Gasteiger partial charge in [0.15, 0.2) is 0 Å². The second-order valence-electron chi connectivity index (χ2n) is 8.89. The number of nitrogens with zero attached hydrogens (tertiary/aromatic N) is 3. The molecule has 3 heterocycles. The molecule has 0 unspecified atom stereocenters. The van der Waals surface area contributed by atoms with Crippen molar-refractivity contribution in [1.29, 1.82) is 0 Å². The van der Waals surface area contributed by atoms with Crippen LogP contribution in [0.3, 0.4) is 0 Å². The maximum atomic E-state index is 12.5. The standard InChI is InChI=1S/C31H23N3O3S/c1-2-20-10-11-27(37-17-19-6-5-7-21(14-19)26-16-32-12-13-33-26)29-23(31(35)36)15-25(34-30(20)29)24-18-38-28-9-4-3-8-22(24)28/h3-16,18H,2,17H2,1H3,(H,35,36). The smallest absolute Gasteiger partial charge is 0.336 e. The number of fused-ring (bicyclic) bond motifs is 2. The summed E-state index contributed by atoms with van der Waals surface area (Å²) in [6.07, 6.45) is 5.74. The average molecular weight is 518 g/mol. The largest absolute Gasteiger partial charge is 0.488 e. The van der Waals surface area contributed by atoms with Crippen molar-refractivity contribution in [1.82, 2.24) is 15.0 Å².